The van der Waals surface area contributed by atoms with Gasteiger partial charge in [-0.3, -0.25) is 14.9 Å². The SMILES string of the molecule is COc1ccc(C(=O)COC(=O)c2ccc([N+](=O)[O-])cc2Cl)c(OC)c1. The largest absolute Gasteiger partial charge is 0.497 e. The Bertz CT molecular complexity index is 866. The molecular formula is C17H14ClNO7. The maximum absolute atomic E-state index is 12.3. The van der Waals surface area contributed by atoms with Gasteiger partial charge in [0.15, 0.2) is 6.61 Å². The summed E-state index contributed by atoms with van der Waals surface area (Å²) in [6, 6.07) is 7.92. The predicted octanol–water partition coefficient (Wildman–Crippen LogP) is 3.31. The van der Waals surface area contributed by atoms with Gasteiger partial charge in [0.2, 0.25) is 5.78 Å². The summed E-state index contributed by atoms with van der Waals surface area (Å²) in [4.78, 5) is 34.4. The van der Waals surface area contributed by atoms with E-state index in [1.165, 1.54) is 32.4 Å². The van der Waals surface area contributed by atoms with Crippen LogP contribution in [0.5, 0.6) is 11.5 Å². The van der Waals surface area contributed by atoms with Gasteiger partial charge in [-0.15, -0.1) is 0 Å². The second-order valence-corrected chi connectivity index (χ2v) is 5.39. The van der Waals surface area contributed by atoms with E-state index in [-0.39, 0.29) is 27.6 Å². The molecule has 9 heteroatoms. The molecule has 0 bridgehead atoms. The average molecular weight is 380 g/mol. The van der Waals surface area contributed by atoms with Crippen LogP contribution in [-0.4, -0.2) is 37.5 Å². The smallest absolute Gasteiger partial charge is 0.340 e. The Kier molecular flexibility index (Phi) is 6.13. The zero-order chi connectivity index (χ0) is 19.3. The van der Waals surface area contributed by atoms with Crippen LogP contribution in [-0.2, 0) is 4.74 Å². The van der Waals surface area contributed by atoms with Gasteiger partial charge < -0.3 is 14.2 Å². The molecule has 0 aliphatic rings. The number of non-ortho nitro benzene ring substituents is 1. The van der Waals surface area contributed by atoms with E-state index < -0.39 is 23.3 Å². The third-order valence-corrected chi connectivity index (χ3v) is 3.74. The standard InChI is InChI=1S/C17H14ClNO7/c1-24-11-4-6-13(16(8-11)25-2)15(20)9-26-17(21)12-5-3-10(19(22)23)7-14(12)18/h3-8H,9H2,1-2H3. The molecule has 0 fully saturated rings. The zero-order valence-electron chi connectivity index (χ0n) is 13.9. The lowest BCUT2D eigenvalue weighted by Crippen LogP contribution is -2.15. The van der Waals surface area contributed by atoms with Gasteiger partial charge in [-0.25, -0.2) is 4.79 Å². The van der Waals surface area contributed by atoms with Gasteiger partial charge in [-0.05, 0) is 18.2 Å². The first-order chi connectivity index (χ1) is 12.4. The second-order valence-electron chi connectivity index (χ2n) is 4.99. The van der Waals surface area contributed by atoms with E-state index >= 15 is 0 Å². The summed E-state index contributed by atoms with van der Waals surface area (Å²) in [5, 5.41) is 10.5. The highest BCUT2D eigenvalue weighted by molar-refractivity contribution is 6.33. The van der Waals surface area contributed by atoms with Crippen molar-refractivity contribution in [2.75, 3.05) is 20.8 Å². The Balaban J connectivity index is 2.10. The first-order valence-corrected chi connectivity index (χ1v) is 7.61. The van der Waals surface area contributed by atoms with Crippen molar-refractivity contribution in [3.63, 3.8) is 0 Å². The van der Waals surface area contributed by atoms with Crippen LogP contribution in [0.2, 0.25) is 5.02 Å². The Hall–Kier alpha value is -3.13. The van der Waals surface area contributed by atoms with Crippen molar-refractivity contribution in [1.82, 2.24) is 0 Å². The number of carbonyl (C=O) groups excluding carboxylic acids is 2. The minimum absolute atomic E-state index is 0.0771. The number of hydrogen-bond donors (Lipinski definition) is 0. The normalized spacial score (nSPS) is 10.1. The van der Waals surface area contributed by atoms with Crippen LogP contribution in [0.25, 0.3) is 0 Å². The molecule has 0 spiro atoms. The molecule has 0 saturated heterocycles. The lowest BCUT2D eigenvalue weighted by Gasteiger charge is -2.10. The number of hydrogen-bond acceptors (Lipinski definition) is 7. The Morgan fingerprint density at radius 1 is 1.08 bits per heavy atom. The number of benzene rings is 2. The highest BCUT2D eigenvalue weighted by Crippen LogP contribution is 2.26. The molecule has 2 aromatic rings. The maximum Gasteiger partial charge on any atom is 0.340 e. The highest BCUT2D eigenvalue weighted by Gasteiger charge is 2.19. The van der Waals surface area contributed by atoms with E-state index in [0.29, 0.717) is 5.75 Å². The summed E-state index contributed by atoms with van der Waals surface area (Å²) in [6.45, 7) is -0.547. The van der Waals surface area contributed by atoms with Gasteiger partial charge in [0.05, 0.1) is 35.3 Å². The van der Waals surface area contributed by atoms with Gasteiger partial charge >= 0.3 is 5.97 Å². The molecule has 0 aliphatic heterocycles. The van der Waals surface area contributed by atoms with E-state index in [2.05, 4.69) is 0 Å². The van der Waals surface area contributed by atoms with E-state index in [1.54, 1.807) is 6.07 Å². The molecule has 26 heavy (non-hydrogen) atoms. The Morgan fingerprint density at radius 2 is 1.77 bits per heavy atom. The molecule has 0 heterocycles. The van der Waals surface area contributed by atoms with Crippen LogP contribution in [0.4, 0.5) is 5.69 Å². The van der Waals surface area contributed by atoms with Crippen LogP contribution >= 0.6 is 11.6 Å². The third-order valence-electron chi connectivity index (χ3n) is 3.43. The Morgan fingerprint density at radius 3 is 2.35 bits per heavy atom. The first kappa shape index (κ1) is 19.2. The molecule has 2 rings (SSSR count). The number of halogens is 1. The minimum Gasteiger partial charge on any atom is -0.497 e. The number of Topliss-reactive ketones (excluding diaryl/α,β-unsaturated/α-hetero) is 1. The molecule has 0 aromatic heterocycles. The second kappa shape index (κ2) is 8.30. The number of nitrogens with zero attached hydrogens (tertiary/aromatic N) is 1. The van der Waals surface area contributed by atoms with Gasteiger partial charge in [0, 0.05) is 18.2 Å². The fourth-order valence-corrected chi connectivity index (χ4v) is 2.35. The van der Waals surface area contributed by atoms with E-state index in [1.807, 2.05) is 0 Å². The fourth-order valence-electron chi connectivity index (χ4n) is 2.10. The molecule has 2 aromatic carbocycles. The number of nitro benzene ring substituents is 1. The molecule has 0 N–H and O–H groups in total. The maximum atomic E-state index is 12.3. The molecule has 0 amide bonds. The van der Waals surface area contributed by atoms with Gasteiger partial charge in [-0.1, -0.05) is 11.6 Å². The van der Waals surface area contributed by atoms with Gasteiger partial charge in [-0.2, -0.15) is 0 Å². The Labute approximate surface area is 153 Å². The van der Waals surface area contributed by atoms with Crippen LogP contribution < -0.4 is 9.47 Å². The third kappa shape index (κ3) is 4.28. The predicted molar refractivity (Wildman–Crippen MR) is 92.3 cm³/mol. The lowest BCUT2D eigenvalue weighted by atomic mass is 10.1. The fraction of sp³-hybridized carbons (Fsp3) is 0.176. The highest BCUT2D eigenvalue weighted by atomic mass is 35.5. The van der Waals surface area contributed by atoms with E-state index in [4.69, 9.17) is 25.8 Å². The van der Waals surface area contributed by atoms with Crippen molar-refractivity contribution in [3.05, 3.63) is 62.7 Å². The van der Waals surface area contributed by atoms with Crippen LogP contribution in [0, 0.1) is 10.1 Å². The number of methoxy groups -OCH3 is 2. The number of rotatable bonds is 7. The van der Waals surface area contributed by atoms with Gasteiger partial charge in [0.25, 0.3) is 5.69 Å². The minimum atomic E-state index is -0.870. The number of carbonyl (C=O) groups is 2. The lowest BCUT2D eigenvalue weighted by molar-refractivity contribution is -0.384. The van der Waals surface area contributed by atoms with E-state index in [9.17, 15) is 19.7 Å². The quantitative estimate of drug-likeness (QED) is 0.314. The van der Waals surface area contributed by atoms with Crippen molar-refractivity contribution < 1.29 is 28.7 Å². The van der Waals surface area contributed by atoms with E-state index in [0.717, 1.165) is 12.1 Å². The molecule has 0 unspecified atom stereocenters. The first-order valence-electron chi connectivity index (χ1n) is 7.23. The van der Waals surface area contributed by atoms with Crippen molar-refractivity contribution in [1.29, 1.82) is 0 Å². The molecule has 0 atom stereocenters. The number of ether oxygens (including phenoxy) is 3. The monoisotopic (exact) mass is 379 g/mol. The van der Waals surface area contributed by atoms with Crippen LogP contribution in [0.15, 0.2) is 36.4 Å². The van der Waals surface area contributed by atoms with Gasteiger partial charge in [0.1, 0.15) is 11.5 Å². The van der Waals surface area contributed by atoms with Crippen LogP contribution in [0.1, 0.15) is 20.7 Å². The summed E-state index contributed by atoms with van der Waals surface area (Å²) < 4.78 is 15.1. The number of nitro groups is 1. The molecule has 136 valence electrons. The molecular weight excluding hydrogens is 366 g/mol. The summed E-state index contributed by atoms with van der Waals surface area (Å²) >= 11 is 5.86. The molecule has 8 nitrogen and oxygen atoms in total. The molecule has 0 radical (unpaired) electrons. The van der Waals surface area contributed by atoms with Crippen LogP contribution in [0.3, 0.4) is 0 Å². The van der Waals surface area contributed by atoms with Crippen molar-refractivity contribution >= 4 is 29.0 Å². The zero-order valence-corrected chi connectivity index (χ0v) is 14.6. The number of ketones is 1. The molecule has 0 saturated carbocycles. The van der Waals surface area contributed by atoms with Crippen molar-refractivity contribution in [3.8, 4) is 11.5 Å². The summed E-state index contributed by atoms with van der Waals surface area (Å²) in [7, 11) is 2.88. The van der Waals surface area contributed by atoms with Crippen molar-refractivity contribution in [2.45, 2.75) is 0 Å². The van der Waals surface area contributed by atoms with Crippen molar-refractivity contribution in [2.24, 2.45) is 0 Å². The molecule has 0 aliphatic carbocycles. The number of esters is 1. The summed E-state index contributed by atoms with van der Waals surface area (Å²) in [5.74, 6) is -0.576. The average Bonchev–Trinajstić information content (AvgIpc) is 2.64. The summed E-state index contributed by atoms with van der Waals surface area (Å²) in [5.41, 5.74) is -0.117. The summed E-state index contributed by atoms with van der Waals surface area (Å²) in [6.07, 6.45) is 0. The topological polar surface area (TPSA) is 105 Å².